The van der Waals surface area contributed by atoms with Crippen molar-refractivity contribution in [3.05, 3.63) is 29.6 Å². The predicted octanol–water partition coefficient (Wildman–Crippen LogP) is 3.47. The van der Waals surface area contributed by atoms with Gasteiger partial charge in [-0.1, -0.05) is 22.4 Å². The molecule has 1 rings (SSSR count). The number of hydrogen-bond donors (Lipinski definition) is 0. The third-order valence-corrected chi connectivity index (χ3v) is 3.43. The first-order valence-corrected chi connectivity index (χ1v) is 7.37. The van der Waals surface area contributed by atoms with Gasteiger partial charge in [-0.15, -0.1) is 0 Å². The van der Waals surface area contributed by atoms with E-state index in [1.54, 1.807) is 11.9 Å². The highest BCUT2D eigenvalue weighted by molar-refractivity contribution is 9.09. The van der Waals surface area contributed by atoms with Gasteiger partial charge < -0.3 is 9.64 Å². The van der Waals surface area contributed by atoms with Crippen LogP contribution in [0.1, 0.15) is 29.6 Å². The fourth-order valence-electron chi connectivity index (χ4n) is 1.73. The molecule has 0 atom stereocenters. The number of rotatable bonds is 7. The van der Waals surface area contributed by atoms with Crippen molar-refractivity contribution in [2.24, 2.45) is 0 Å². The number of amides is 1. The first-order chi connectivity index (χ1) is 9.10. The molecule has 1 aromatic rings. The molecule has 0 bridgehead atoms. The van der Waals surface area contributed by atoms with Gasteiger partial charge in [-0.3, -0.25) is 4.79 Å². The molecule has 0 radical (unpaired) electrons. The fraction of sp³-hybridized carbons (Fsp3) is 0.500. The van der Waals surface area contributed by atoms with Gasteiger partial charge in [0.25, 0.3) is 5.91 Å². The van der Waals surface area contributed by atoms with E-state index >= 15 is 0 Å². The average molecular weight is 332 g/mol. The number of methoxy groups -OCH3 is 1. The Kier molecular flexibility index (Phi) is 6.84. The van der Waals surface area contributed by atoms with Crippen LogP contribution in [0.2, 0.25) is 0 Å². The predicted molar refractivity (Wildman–Crippen MR) is 77.6 cm³/mol. The van der Waals surface area contributed by atoms with Gasteiger partial charge in [0.05, 0.1) is 7.11 Å². The standard InChI is InChI=1S/C14H19BrFNO2/c1-17(9-5-3-4-8-15)14(18)11-6-7-12(16)13(10-11)19-2/h6-7,10H,3-5,8-9H2,1-2H3. The number of benzene rings is 1. The van der Waals surface area contributed by atoms with Gasteiger partial charge in [0.1, 0.15) is 0 Å². The molecule has 0 unspecified atom stereocenters. The lowest BCUT2D eigenvalue weighted by Crippen LogP contribution is -2.27. The van der Waals surface area contributed by atoms with Crippen LogP contribution >= 0.6 is 15.9 Å². The van der Waals surface area contributed by atoms with Crippen LogP contribution in [0, 0.1) is 5.82 Å². The quantitative estimate of drug-likeness (QED) is 0.565. The number of ether oxygens (including phenoxy) is 1. The molecule has 3 nitrogen and oxygen atoms in total. The molecule has 106 valence electrons. The van der Waals surface area contributed by atoms with Crippen LogP contribution in [0.5, 0.6) is 5.75 Å². The maximum absolute atomic E-state index is 13.3. The minimum absolute atomic E-state index is 0.0959. The fourth-order valence-corrected chi connectivity index (χ4v) is 2.13. The van der Waals surface area contributed by atoms with E-state index in [4.69, 9.17) is 4.74 Å². The SMILES string of the molecule is COc1cc(C(=O)N(C)CCCCCBr)ccc1F. The van der Waals surface area contributed by atoms with Gasteiger partial charge in [0.15, 0.2) is 11.6 Å². The Morgan fingerprint density at radius 1 is 1.37 bits per heavy atom. The number of hydrogen-bond acceptors (Lipinski definition) is 2. The smallest absolute Gasteiger partial charge is 0.253 e. The topological polar surface area (TPSA) is 29.5 Å². The molecule has 0 aliphatic heterocycles. The maximum atomic E-state index is 13.3. The van der Waals surface area contributed by atoms with Crippen LogP contribution in [-0.4, -0.2) is 36.8 Å². The van der Waals surface area contributed by atoms with Crippen molar-refractivity contribution in [1.82, 2.24) is 4.90 Å². The van der Waals surface area contributed by atoms with E-state index < -0.39 is 5.82 Å². The molecule has 19 heavy (non-hydrogen) atoms. The van der Waals surface area contributed by atoms with Gasteiger partial charge in [-0.2, -0.15) is 0 Å². The summed E-state index contributed by atoms with van der Waals surface area (Å²) in [5.41, 5.74) is 0.446. The van der Waals surface area contributed by atoms with E-state index in [0.717, 1.165) is 24.6 Å². The Morgan fingerprint density at radius 2 is 2.11 bits per heavy atom. The Balaban J connectivity index is 2.61. The first-order valence-electron chi connectivity index (χ1n) is 6.25. The van der Waals surface area contributed by atoms with E-state index in [1.165, 1.54) is 25.3 Å². The molecule has 0 aromatic heterocycles. The summed E-state index contributed by atoms with van der Waals surface area (Å²) in [5, 5.41) is 0.986. The summed E-state index contributed by atoms with van der Waals surface area (Å²) in [6.07, 6.45) is 3.15. The van der Waals surface area contributed by atoms with Crippen LogP contribution in [0.15, 0.2) is 18.2 Å². The van der Waals surface area contributed by atoms with Crippen LogP contribution in [0.3, 0.4) is 0 Å². The molecule has 0 aliphatic carbocycles. The minimum Gasteiger partial charge on any atom is -0.494 e. The van der Waals surface area contributed by atoms with Crippen molar-refractivity contribution in [3.8, 4) is 5.75 Å². The van der Waals surface area contributed by atoms with Crippen LogP contribution in [0.25, 0.3) is 0 Å². The van der Waals surface area contributed by atoms with Crippen molar-refractivity contribution in [1.29, 1.82) is 0 Å². The van der Waals surface area contributed by atoms with Crippen molar-refractivity contribution >= 4 is 21.8 Å². The minimum atomic E-state index is -0.459. The summed E-state index contributed by atoms with van der Waals surface area (Å²) in [6.45, 7) is 0.700. The lowest BCUT2D eigenvalue weighted by atomic mass is 10.1. The van der Waals surface area contributed by atoms with Gasteiger partial charge in [-0.25, -0.2) is 4.39 Å². The van der Waals surface area contributed by atoms with Gasteiger partial charge in [-0.05, 0) is 31.0 Å². The zero-order valence-corrected chi connectivity index (χ0v) is 12.9. The lowest BCUT2D eigenvalue weighted by Gasteiger charge is -2.17. The summed E-state index contributed by atoms with van der Waals surface area (Å²) in [4.78, 5) is 13.8. The molecular weight excluding hydrogens is 313 g/mol. The lowest BCUT2D eigenvalue weighted by molar-refractivity contribution is 0.0792. The normalized spacial score (nSPS) is 10.3. The second kappa shape index (κ2) is 8.15. The number of unbranched alkanes of at least 4 members (excludes halogenated alkanes) is 2. The molecule has 0 aliphatic rings. The highest BCUT2D eigenvalue weighted by atomic mass is 79.9. The molecule has 0 heterocycles. The Morgan fingerprint density at radius 3 is 2.74 bits per heavy atom. The molecule has 0 spiro atoms. The van der Waals surface area contributed by atoms with Crippen LogP contribution in [0.4, 0.5) is 4.39 Å². The van der Waals surface area contributed by atoms with Gasteiger partial charge >= 0.3 is 0 Å². The van der Waals surface area contributed by atoms with Crippen LogP contribution < -0.4 is 4.74 Å². The van der Waals surface area contributed by atoms with Crippen molar-refractivity contribution in [2.75, 3.05) is 26.0 Å². The first kappa shape index (κ1) is 16.0. The van der Waals surface area contributed by atoms with Gasteiger partial charge in [0, 0.05) is 24.5 Å². The molecular formula is C14H19BrFNO2. The second-order valence-electron chi connectivity index (χ2n) is 4.33. The maximum Gasteiger partial charge on any atom is 0.253 e. The molecule has 1 amide bonds. The summed E-state index contributed by atoms with van der Waals surface area (Å²) in [5.74, 6) is -0.477. The highest BCUT2D eigenvalue weighted by Crippen LogP contribution is 2.19. The van der Waals surface area contributed by atoms with E-state index in [1.807, 2.05) is 0 Å². The number of halogens is 2. The summed E-state index contributed by atoms with van der Waals surface area (Å²) in [7, 11) is 3.14. The molecule has 0 saturated heterocycles. The highest BCUT2D eigenvalue weighted by Gasteiger charge is 2.13. The van der Waals surface area contributed by atoms with E-state index in [-0.39, 0.29) is 11.7 Å². The van der Waals surface area contributed by atoms with Gasteiger partial charge in [0.2, 0.25) is 0 Å². The van der Waals surface area contributed by atoms with Crippen molar-refractivity contribution < 1.29 is 13.9 Å². The summed E-state index contributed by atoms with van der Waals surface area (Å²) >= 11 is 3.37. The largest absolute Gasteiger partial charge is 0.494 e. The molecule has 0 N–H and O–H groups in total. The average Bonchev–Trinajstić information content (AvgIpc) is 2.43. The number of carbonyl (C=O) groups excluding carboxylic acids is 1. The molecule has 0 fully saturated rings. The third-order valence-electron chi connectivity index (χ3n) is 2.87. The monoisotopic (exact) mass is 331 g/mol. The van der Waals surface area contributed by atoms with E-state index in [9.17, 15) is 9.18 Å². The Hall–Kier alpha value is -1.10. The van der Waals surface area contributed by atoms with Crippen molar-refractivity contribution in [3.63, 3.8) is 0 Å². The molecule has 1 aromatic carbocycles. The number of nitrogens with zero attached hydrogens (tertiary/aromatic N) is 1. The third kappa shape index (κ3) is 4.82. The Bertz CT molecular complexity index is 426. The zero-order valence-electron chi connectivity index (χ0n) is 11.3. The molecule has 5 heteroatoms. The summed E-state index contributed by atoms with van der Waals surface area (Å²) in [6, 6.07) is 4.17. The number of carbonyl (C=O) groups is 1. The Labute approximate surface area is 121 Å². The van der Waals surface area contributed by atoms with Crippen LogP contribution in [-0.2, 0) is 0 Å². The summed E-state index contributed by atoms with van der Waals surface area (Å²) < 4.78 is 18.1. The van der Waals surface area contributed by atoms with Crippen molar-refractivity contribution in [2.45, 2.75) is 19.3 Å². The molecule has 0 saturated carbocycles. The zero-order chi connectivity index (χ0) is 14.3. The van der Waals surface area contributed by atoms with E-state index in [2.05, 4.69) is 15.9 Å². The van der Waals surface area contributed by atoms with E-state index in [0.29, 0.717) is 12.1 Å². The second-order valence-corrected chi connectivity index (χ2v) is 5.12. The number of alkyl halides is 1.